The highest BCUT2D eigenvalue weighted by molar-refractivity contribution is 9.10. The number of rotatable bonds is 4. The summed E-state index contributed by atoms with van der Waals surface area (Å²) in [6.45, 7) is 11.4. The Morgan fingerprint density at radius 1 is 1.31 bits per heavy atom. The predicted octanol–water partition coefficient (Wildman–Crippen LogP) is 5.81. The summed E-state index contributed by atoms with van der Waals surface area (Å²) in [5.41, 5.74) is 0.906. The molecule has 9 heteroatoms. The largest absolute Gasteiger partial charge is 0.465 e. The molecule has 0 saturated heterocycles. The van der Waals surface area contributed by atoms with E-state index >= 15 is 0 Å². The number of nitrogens with zero attached hydrogens (tertiary/aromatic N) is 4. The molecule has 2 heterocycles. The molecule has 2 aromatic rings. The van der Waals surface area contributed by atoms with Crippen LogP contribution in [0, 0.1) is 0 Å². The third kappa shape index (κ3) is 4.51. The maximum Gasteiger partial charge on any atom is 0.412 e. The number of hydrogen-bond acceptors (Lipinski definition) is 4. The average Bonchev–Trinajstić information content (AvgIpc) is 2.96. The van der Waals surface area contributed by atoms with Crippen molar-refractivity contribution >= 4 is 47.1 Å². The fourth-order valence-electron chi connectivity index (χ4n) is 3.55. The molecular weight excluding hydrogens is 452 g/mol. The lowest BCUT2D eigenvalue weighted by molar-refractivity contribution is 0.116. The van der Waals surface area contributed by atoms with Crippen molar-refractivity contribution in [1.82, 2.24) is 14.8 Å². The second kappa shape index (κ2) is 8.00. The number of carbonyl (C=O) groups is 1. The van der Waals surface area contributed by atoms with Gasteiger partial charge in [-0.25, -0.2) is 9.78 Å². The van der Waals surface area contributed by atoms with Crippen LogP contribution in [-0.2, 0) is 4.43 Å². The molecule has 3 rings (SSSR count). The van der Waals surface area contributed by atoms with Gasteiger partial charge >= 0.3 is 6.09 Å². The number of halogens is 1. The lowest BCUT2D eigenvalue weighted by Crippen LogP contribution is -2.44. The van der Waals surface area contributed by atoms with Crippen LogP contribution in [0.4, 0.5) is 10.6 Å². The monoisotopic (exact) mass is 482 g/mol. The lowest BCUT2D eigenvalue weighted by atomic mass is 9.93. The van der Waals surface area contributed by atoms with E-state index in [9.17, 15) is 9.90 Å². The highest BCUT2D eigenvalue weighted by Gasteiger charge is 2.40. The smallest absolute Gasteiger partial charge is 0.412 e. The van der Waals surface area contributed by atoms with Crippen molar-refractivity contribution in [2.24, 2.45) is 0 Å². The lowest BCUT2D eigenvalue weighted by Gasteiger charge is -2.41. The van der Waals surface area contributed by atoms with Gasteiger partial charge in [-0.3, -0.25) is 9.58 Å². The minimum Gasteiger partial charge on any atom is -0.465 e. The van der Waals surface area contributed by atoms with Gasteiger partial charge in [0.2, 0.25) is 0 Å². The van der Waals surface area contributed by atoms with Crippen LogP contribution in [0.1, 0.15) is 52.5 Å². The molecule has 1 fully saturated rings. The molecule has 29 heavy (non-hydrogen) atoms. The number of amides is 1. The third-order valence-electron chi connectivity index (χ3n) is 6.42. The van der Waals surface area contributed by atoms with Gasteiger partial charge in [0.25, 0.3) is 0 Å². The van der Waals surface area contributed by atoms with Crippen LogP contribution in [0.25, 0.3) is 10.9 Å². The van der Waals surface area contributed by atoms with Crippen molar-refractivity contribution in [1.29, 1.82) is 0 Å². The van der Waals surface area contributed by atoms with E-state index in [2.05, 4.69) is 54.8 Å². The molecule has 1 aliphatic carbocycles. The molecule has 0 atom stereocenters. The summed E-state index contributed by atoms with van der Waals surface area (Å²) in [5.74, 6) is 0.397. The van der Waals surface area contributed by atoms with E-state index in [1.54, 1.807) is 12.3 Å². The van der Waals surface area contributed by atoms with Gasteiger partial charge in [0.15, 0.2) is 8.32 Å². The second-order valence-electron chi connectivity index (χ2n) is 9.45. The van der Waals surface area contributed by atoms with E-state index in [1.807, 2.05) is 4.68 Å². The zero-order chi connectivity index (χ0) is 21.6. The molecule has 0 unspecified atom stereocenters. The van der Waals surface area contributed by atoms with E-state index in [0.29, 0.717) is 11.9 Å². The molecule has 0 bridgehead atoms. The van der Waals surface area contributed by atoms with Gasteiger partial charge in [0.05, 0.1) is 16.9 Å². The quantitative estimate of drug-likeness (QED) is 0.555. The molecular formula is C20H31BrN4O3Si. The Hall–Kier alpha value is -1.45. The van der Waals surface area contributed by atoms with Gasteiger partial charge in [0.1, 0.15) is 10.4 Å². The predicted molar refractivity (Wildman–Crippen MR) is 121 cm³/mol. The summed E-state index contributed by atoms with van der Waals surface area (Å²) in [5, 5.41) is 15.1. The van der Waals surface area contributed by atoms with Crippen molar-refractivity contribution in [3.05, 3.63) is 16.9 Å². The normalized spacial score (nSPS) is 20.8. The van der Waals surface area contributed by atoms with Crippen LogP contribution in [-0.4, -0.2) is 47.4 Å². The van der Waals surface area contributed by atoms with Crippen LogP contribution in [0.5, 0.6) is 0 Å². The molecule has 1 saturated carbocycles. The molecule has 0 aliphatic heterocycles. The van der Waals surface area contributed by atoms with Crippen molar-refractivity contribution in [3.63, 3.8) is 0 Å². The number of fused-ring (bicyclic) bond motifs is 1. The Balaban J connectivity index is 1.78. The van der Waals surface area contributed by atoms with Crippen LogP contribution in [0.3, 0.4) is 0 Å². The fourth-order valence-corrected chi connectivity index (χ4v) is 5.44. The van der Waals surface area contributed by atoms with Crippen LogP contribution in [0.2, 0.25) is 18.1 Å². The van der Waals surface area contributed by atoms with Gasteiger partial charge in [-0.15, -0.1) is 0 Å². The molecule has 0 aromatic carbocycles. The van der Waals surface area contributed by atoms with E-state index in [1.165, 1.54) is 7.05 Å². The first-order chi connectivity index (χ1) is 13.4. The maximum absolute atomic E-state index is 11.3. The van der Waals surface area contributed by atoms with Gasteiger partial charge in [-0.1, -0.05) is 20.8 Å². The topological polar surface area (TPSA) is 80.5 Å². The van der Waals surface area contributed by atoms with Crippen molar-refractivity contribution in [2.75, 3.05) is 11.9 Å². The summed E-state index contributed by atoms with van der Waals surface area (Å²) in [7, 11) is -0.268. The van der Waals surface area contributed by atoms with E-state index in [-0.39, 0.29) is 11.1 Å². The number of pyridine rings is 1. The molecule has 0 radical (unpaired) electrons. The zero-order valence-electron chi connectivity index (χ0n) is 18.1. The molecule has 7 nitrogen and oxygen atoms in total. The summed E-state index contributed by atoms with van der Waals surface area (Å²) in [6.07, 6.45) is 4.98. The van der Waals surface area contributed by atoms with Gasteiger partial charge in [-0.05, 0) is 59.7 Å². The average molecular weight is 483 g/mol. The van der Waals surface area contributed by atoms with E-state index < -0.39 is 14.4 Å². The molecule has 1 aliphatic rings. The second-order valence-corrected chi connectivity index (χ2v) is 15.0. The zero-order valence-corrected chi connectivity index (χ0v) is 20.7. The van der Waals surface area contributed by atoms with Crippen LogP contribution >= 0.6 is 15.9 Å². The minimum absolute atomic E-state index is 0.215. The number of hydrogen-bond donors (Lipinski definition) is 1. The Labute approximate surface area is 181 Å². The Kier molecular flexibility index (Phi) is 6.13. The molecule has 2 aromatic heterocycles. The standard InChI is InChI=1S/C20H31BrN4O3Si/c1-20(2,3)29(5,6)28-14-9-7-13(8-10-14)25-16-11-17(24(4)19(26)27)22-12-15(16)18(21)23-25/h11-14H,7-10H2,1-6H3,(H,26,27)/t13-,14-. The first-order valence-electron chi connectivity index (χ1n) is 10.1. The van der Waals surface area contributed by atoms with Gasteiger partial charge in [0, 0.05) is 25.4 Å². The maximum atomic E-state index is 11.3. The van der Waals surface area contributed by atoms with Crippen LogP contribution < -0.4 is 4.90 Å². The summed E-state index contributed by atoms with van der Waals surface area (Å²) >= 11 is 3.53. The third-order valence-corrected chi connectivity index (χ3v) is 11.5. The molecule has 1 amide bonds. The van der Waals surface area contributed by atoms with Crippen molar-refractivity contribution < 1.29 is 14.3 Å². The Bertz CT molecular complexity index is 901. The first kappa shape index (κ1) is 22.2. The number of aromatic nitrogens is 3. The van der Waals surface area contributed by atoms with E-state index in [4.69, 9.17) is 9.52 Å². The number of anilines is 1. The Morgan fingerprint density at radius 2 is 1.93 bits per heavy atom. The summed E-state index contributed by atoms with van der Waals surface area (Å²) in [4.78, 5) is 16.7. The van der Waals surface area contributed by atoms with Gasteiger partial charge in [-0.2, -0.15) is 5.10 Å². The van der Waals surface area contributed by atoms with Crippen LogP contribution in [0.15, 0.2) is 16.9 Å². The SMILES string of the molecule is CN(C(=O)O)c1cc2c(cn1)c(Br)nn2[C@H]1CC[C@H](O[Si](C)(C)C(C)(C)C)CC1. The highest BCUT2D eigenvalue weighted by Crippen LogP contribution is 2.41. The first-order valence-corrected chi connectivity index (χ1v) is 13.8. The fraction of sp³-hybridized carbons (Fsp3) is 0.650. The molecule has 1 N–H and O–H groups in total. The summed E-state index contributed by atoms with van der Waals surface area (Å²) < 4.78 is 9.39. The van der Waals surface area contributed by atoms with E-state index in [0.717, 1.165) is 46.1 Å². The minimum atomic E-state index is -1.76. The summed E-state index contributed by atoms with van der Waals surface area (Å²) in [6, 6.07) is 2.08. The van der Waals surface area contributed by atoms with Crippen molar-refractivity contribution in [2.45, 2.75) is 76.7 Å². The van der Waals surface area contributed by atoms with Crippen molar-refractivity contribution in [3.8, 4) is 0 Å². The molecule has 160 valence electrons. The Morgan fingerprint density at radius 3 is 2.48 bits per heavy atom. The highest BCUT2D eigenvalue weighted by atomic mass is 79.9. The van der Waals surface area contributed by atoms with Gasteiger partial charge < -0.3 is 9.53 Å². The number of carboxylic acid groups (broad SMARTS) is 1. The molecule has 0 spiro atoms.